The van der Waals surface area contributed by atoms with E-state index in [2.05, 4.69) is 39.7 Å². The molecule has 0 saturated heterocycles. The van der Waals surface area contributed by atoms with Crippen molar-refractivity contribution in [1.82, 2.24) is 5.43 Å². The number of hydrazine groups is 1. The summed E-state index contributed by atoms with van der Waals surface area (Å²) in [5.41, 5.74) is 2.88. The highest BCUT2D eigenvalue weighted by atomic mass is 79.9. The Labute approximate surface area is 128 Å². The fraction of sp³-hybridized carbons (Fsp3) is 0.714. The Kier molecular flexibility index (Phi) is 5.43. The van der Waals surface area contributed by atoms with Crippen LogP contribution in [0.3, 0.4) is 0 Å². The van der Waals surface area contributed by atoms with Crippen LogP contribution in [0, 0.1) is 5.92 Å². The highest BCUT2D eigenvalue weighted by Gasteiger charge is 2.41. The van der Waals surface area contributed by atoms with Gasteiger partial charge in [-0.3, -0.25) is 11.3 Å². The summed E-state index contributed by atoms with van der Waals surface area (Å²) in [4.78, 5) is 1.33. The van der Waals surface area contributed by atoms with E-state index >= 15 is 0 Å². The summed E-state index contributed by atoms with van der Waals surface area (Å²) in [5.74, 6) is 6.63. The van der Waals surface area contributed by atoms with Gasteiger partial charge in [0.25, 0.3) is 0 Å². The first kappa shape index (κ1) is 15.4. The molecule has 0 spiro atoms. The zero-order chi connectivity index (χ0) is 13.9. The van der Waals surface area contributed by atoms with Crippen molar-refractivity contribution in [3.63, 3.8) is 0 Å². The molecule has 0 aromatic carbocycles. The van der Waals surface area contributed by atoms with E-state index in [0.717, 1.165) is 25.2 Å². The summed E-state index contributed by atoms with van der Waals surface area (Å²) < 4.78 is 7.09. The minimum absolute atomic E-state index is 0.120. The highest BCUT2D eigenvalue weighted by molar-refractivity contribution is 9.10. The van der Waals surface area contributed by atoms with Crippen LogP contribution >= 0.6 is 27.3 Å². The van der Waals surface area contributed by atoms with Gasteiger partial charge in [-0.25, -0.2) is 0 Å². The average molecular weight is 347 g/mol. The Morgan fingerprint density at radius 3 is 2.74 bits per heavy atom. The lowest BCUT2D eigenvalue weighted by atomic mass is 9.74. The zero-order valence-electron chi connectivity index (χ0n) is 11.6. The molecule has 1 aromatic rings. The molecule has 1 unspecified atom stereocenters. The fourth-order valence-corrected chi connectivity index (χ4v) is 4.56. The average Bonchev–Trinajstić information content (AvgIpc) is 2.83. The molecule has 1 fully saturated rings. The number of halogens is 1. The van der Waals surface area contributed by atoms with Gasteiger partial charge in [-0.05, 0) is 59.0 Å². The Morgan fingerprint density at radius 1 is 1.58 bits per heavy atom. The number of nitrogens with two attached hydrogens (primary N) is 1. The number of nitrogens with one attached hydrogen (secondary N) is 1. The first-order valence-electron chi connectivity index (χ1n) is 6.84. The molecular formula is C14H23BrN2OS. The number of ether oxygens (including phenoxy) is 1. The second kappa shape index (κ2) is 6.68. The van der Waals surface area contributed by atoms with E-state index in [4.69, 9.17) is 10.6 Å². The number of hydrogen-bond acceptors (Lipinski definition) is 4. The summed E-state index contributed by atoms with van der Waals surface area (Å²) >= 11 is 5.37. The van der Waals surface area contributed by atoms with Gasteiger partial charge < -0.3 is 4.74 Å². The molecule has 0 aliphatic heterocycles. The first-order chi connectivity index (χ1) is 9.11. The van der Waals surface area contributed by atoms with Crippen molar-refractivity contribution < 1.29 is 4.74 Å². The molecule has 1 atom stereocenters. The molecular weight excluding hydrogens is 324 g/mol. The monoisotopic (exact) mass is 346 g/mol. The molecule has 108 valence electrons. The topological polar surface area (TPSA) is 47.3 Å². The van der Waals surface area contributed by atoms with Crippen LogP contribution in [0.5, 0.6) is 0 Å². The van der Waals surface area contributed by atoms with Crippen molar-refractivity contribution in [2.45, 2.75) is 50.7 Å². The maximum atomic E-state index is 5.92. The van der Waals surface area contributed by atoms with Gasteiger partial charge >= 0.3 is 0 Å². The van der Waals surface area contributed by atoms with Crippen molar-refractivity contribution in [2.24, 2.45) is 11.8 Å². The van der Waals surface area contributed by atoms with Gasteiger partial charge in [0.15, 0.2) is 0 Å². The van der Waals surface area contributed by atoms with E-state index in [9.17, 15) is 0 Å². The molecule has 19 heavy (non-hydrogen) atoms. The predicted octanol–water partition coefficient (Wildman–Crippen LogP) is 3.48. The van der Waals surface area contributed by atoms with Gasteiger partial charge in [-0.15, -0.1) is 11.3 Å². The van der Waals surface area contributed by atoms with Crippen LogP contribution in [0.1, 0.15) is 37.5 Å². The maximum absolute atomic E-state index is 5.92. The van der Waals surface area contributed by atoms with E-state index in [0.29, 0.717) is 0 Å². The largest absolute Gasteiger partial charge is 0.377 e. The maximum Gasteiger partial charge on any atom is 0.0848 e. The quantitative estimate of drug-likeness (QED) is 0.633. The minimum atomic E-state index is -0.120. The molecule has 1 aliphatic carbocycles. The third-order valence-electron chi connectivity index (χ3n) is 4.44. The summed E-state index contributed by atoms with van der Waals surface area (Å²) in [6.45, 7) is 2.32. The highest BCUT2D eigenvalue weighted by Crippen LogP contribution is 2.38. The second-order valence-electron chi connectivity index (χ2n) is 5.57. The predicted molar refractivity (Wildman–Crippen MR) is 84.2 cm³/mol. The number of rotatable bonds is 5. The van der Waals surface area contributed by atoms with Crippen molar-refractivity contribution in [3.8, 4) is 0 Å². The van der Waals surface area contributed by atoms with Gasteiger partial charge in [-0.2, -0.15) is 0 Å². The molecule has 0 bridgehead atoms. The Balaban J connectivity index is 2.12. The van der Waals surface area contributed by atoms with E-state index in [1.54, 1.807) is 11.3 Å². The van der Waals surface area contributed by atoms with Crippen LogP contribution in [-0.2, 0) is 11.2 Å². The molecule has 0 amide bonds. The lowest BCUT2D eigenvalue weighted by Crippen LogP contribution is -2.57. The molecule has 0 radical (unpaired) electrons. The number of thiophene rings is 1. The molecule has 3 N–H and O–H groups in total. The standard InChI is InChI=1S/C14H23BrN2OS/c1-10-3-6-14(18-2,7-4-10)13(17-16)9-12-11(15)5-8-19-12/h5,8,10,13,17H,3-4,6-7,9,16H2,1-2H3. The molecule has 1 saturated carbocycles. The van der Waals surface area contributed by atoms with E-state index in [1.165, 1.54) is 22.2 Å². The molecule has 1 heterocycles. The van der Waals surface area contributed by atoms with Gasteiger partial charge in [0, 0.05) is 22.9 Å². The van der Waals surface area contributed by atoms with E-state index < -0.39 is 0 Å². The van der Waals surface area contributed by atoms with Gasteiger partial charge in [0.05, 0.1) is 11.6 Å². The smallest absolute Gasteiger partial charge is 0.0848 e. The fourth-order valence-electron chi connectivity index (χ4n) is 3.00. The van der Waals surface area contributed by atoms with Crippen molar-refractivity contribution >= 4 is 27.3 Å². The Morgan fingerprint density at radius 2 is 2.26 bits per heavy atom. The molecule has 1 aromatic heterocycles. The molecule has 3 nitrogen and oxygen atoms in total. The van der Waals surface area contributed by atoms with Gasteiger partial charge in [0.1, 0.15) is 0 Å². The van der Waals surface area contributed by atoms with E-state index in [1.807, 2.05) is 7.11 Å². The Bertz CT molecular complexity index is 402. The summed E-state index contributed by atoms with van der Waals surface area (Å²) in [5, 5.41) is 2.11. The number of methoxy groups -OCH3 is 1. The van der Waals surface area contributed by atoms with Crippen molar-refractivity contribution in [2.75, 3.05) is 7.11 Å². The van der Waals surface area contributed by atoms with Crippen LogP contribution in [-0.4, -0.2) is 18.8 Å². The molecule has 5 heteroatoms. The lowest BCUT2D eigenvalue weighted by Gasteiger charge is -2.43. The Hall–Kier alpha value is 0.0600. The summed E-state index contributed by atoms with van der Waals surface area (Å²) in [6.07, 6.45) is 5.53. The van der Waals surface area contributed by atoms with Crippen LogP contribution in [0.25, 0.3) is 0 Å². The van der Waals surface area contributed by atoms with E-state index in [-0.39, 0.29) is 11.6 Å². The SMILES string of the molecule is COC1(C(Cc2sccc2Br)NN)CCC(C)CC1. The molecule has 2 rings (SSSR count). The van der Waals surface area contributed by atoms with Crippen LogP contribution in [0.2, 0.25) is 0 Å². The van der Waals surface area contributed by atoms with Crippen LogP contribution in [0.4, 0.5) is 0 Å². The summed E-state index contributed by atoms with van der Waals surface area (Å²) in [6, 6.07) is 2.26. The van der Waals surface area contributed by atoms with Crippen LogP contribution < -0.4 is 11.3 Å². The van der Waals surface area contributed by atoms with Crippen molar-refractivity contribution in [1.29, 1.82) is 0 Å². The van der Waals surface area contributed by atoms with Crippen molar-refractivity contribution in [3.05, 3.63) is 20.8 Å². The van der Waals surface area contributed by atoms with Gasteiger partial charge in [-0.1, -0.05) is 6.92 Å². The summed E-state index contributed by atoms with van der Waals surface area (Å²) in [7, 11) is 1.82. The van der Waals surface area contributed by atoms with Crippen LogP contribution in [0.15, 0.2) is 15.9 Å². The third kappa shape index (κ3) is 3.39. The second-order valence-corrected chi connectivity index (χ2v) is 7.42. The zero-order valence-corrected chi connectivity index (χ0v) is 14.0. The molecule has 1 aliphatic rings. The van der Waals surface area contributed by atoms with Gasteiger partial charge in [0.2, 0.25) is 0 Å². The number of hydrogen-bond donors (Lipinski definition) is 2. The minimum Gasteiger partial charge on any atom is -0.377 e. The first-order valence-corrected chi connectivity index (χ1v) is 8.51. The third-order valence-corrected chi connectivity index (χ3v) is 6.39. The normalized spacial score (nSPS) is 29.4. The lowest BCUT2D eigenvalue weighted by molar-refractivity contribution is -0.0745.